The highest BCUT2D eigenvalue weighted by Crippen LogP contribution is 2.44. The van der Waals surface area contributed by atoms with E-state index in [2.05, 4.69) is 22.3 Å². The number of benzene rings is 3. The van der Waals surface area contributed by atoms with Crippen molar-refractivity contribution in [3.05, 3.63) is 89.5 Å². The zero-order valence-corrected chi connectivity index (χ0v) is 17.4. The number of anilines is 1. The predicted octanol–water partition coefficient (Wildman–Crippen LogP) is 4.44. The molecule has 5 heteroatoms. The van der Waals surface area contributed by atoms with Crippen LogP contribution in [-0.4, -0.2) is 43.7 Å². The summed E-state index contributed by atoms with van der Waals surface area (Å²) in [6, 6.07) is 23.7. The minimum absolute atomic E-state index is 0.0516. The van der Waals surface area contributed by atoms with Crippen molar-refractivity contribution in [2.24, 2.45) is 0 Å². The molecule has 3 aromatic rings. The van der Waals surface area contributed by atoms with Crippen LogP contribution < -0.4 is 10.1 Å². The van der Waals surface area contributed by atoms with Gasteiger partial charge in [-0.3, -0.25) is 9.69 Å². The molecule has 0 radical (unpaired) electrons. The van der Waals surface area contributed by atoms with Gasteiger partial charge in [0.15, 0.2) is 0 Å². The third-order valence-corrected chi connectivity index (χ3v) is 5.98. The van der Waals surface area contributed by atoms with Crippen molar-refractivity contribution in [2.75, 3.05) is 38.2 Å². The second-order valence-electron chi connectivity index (χ2n) is 8.00. The molecule has 1 N–H and O–H groups in total. The zero-order valence-electron chi connectivity index (χ0n) is 17.4. The van der Waals surface area contributed by atoms with E-state index in [4.69, 9.17) is 9.47 Å². The summed E-state index contributed by atoms with van der Waals surface area (Å²) in [6.07, 6.45) is 0.995. The summed E-state index contributed by atoms with van der Waals surface area (Å²) in [7, 11) is 0. The molecule has 0 spiro atoms. The van der Waals surface area contributed by atoms with Gasteiger partial charge < -0.3 is 14.8 Å². The summed E-state index contributed by atoms with van der Waals surface area (Å²) < 4.78 is 11.4. The molecule has 1 fully saturated rings. The number of nitrogens with one attached hydrogen (secondary N) is 1. The summed E-state index contributed by atoms with van der Waals surface area (Å²) in [5.41, 5.74) is 3.86. The van der Waals surface area contributed by atoms with Crippen LogP contribution in [0.5, 0.6) is 11.5 Å². The van der Waals surface area contributed by atoms with Crippen LogP contribution in [0.4, 0.5) is 5.69 Å². The molecule has 31 heavy (non-hydrogen) atoms. The van der Waals surface area contributed by atoms with Crippen LogP contribution >= 0.6 is 0 Å². The fraction of sp³-hybridized carbons (Fsp3) is 0.269. The number of rotatable bonds is 5. The van der Waals surface area contributed by atoms with Crippen LogP contribution in [0.25, 0.3) is 0 Å². The fourth-order valence-electron chi connectivity index (χ4n) is 4.27. The molecule has 0 bridgehead atoms. The average Bonchev–Trinajstić information content (AvgIpc) is 2.82. The van der Waals surface area contributed by atoms with Gasteiger partial charge in [-0.05, 0) is 36.2 Å². The molecule has 158 valence electrons. The average molecular weight is 415 g/mol. The molecule has 3 aromatic carbocycles. The Morgan fingerprint density at radius 1 is 0.871 bits per heavy atom. The predicted molar refractivity (Wildman–Crippen MR) is 121 cm³/mol. The first-order valence-corrected chi connectivity index (χ1v) is 10.8. The van der Waals surface area contributed by atoms with Gasteiger partial charge in [0.2, 0.25) is 5.91 Å². The number of hydrogen-bond donors (Lipinski definition) is 1. The number of morpholine rings is 1. The molecule has 0 unspecified atom stereocenters. The number of amides is 1. The van der Waals surface area contributed by atoms with E-state index in [1.54, 1.807) is 0 Å². The Labute approximate surface area is 182 Å². The maximum atomic E-state index is 13.3. The number of para-hydroxylation sites is 2. The standard InChI is InChI=1S/C26H26N2O3/c29-26(25-21-5-1-3-7-23(21)31-24-8-4-2-6-22(24)25)27-20-11-9-19(10-12-20)13-14-28-15-17-30-18-16-28/h1-12,25H,13-18H2,(H,27,29). The van der Waals surface area contributed by atoms with Crippen molar-refractivity contribution in [2.45, 2.75) is 12.3 Å². The van der Waals surface area contributed by atoms with E-state index >= 15 is 0 Å². The Kier molecular flexibility index (Phi) is 5.69. The van der Waals surface area contributed by atoms with Crippen molar-refractivity contribution >= 4 is 11.6 Å². The van der Waals surface area contributed by atoms with E-state index in [-0.39, 0.29) is 5.91 Å². The normalized spacial score (nSPS) is 16.1. The Bertz CT molecular complexity index is 1010. The van der Waals surface area contributed by atoms with Crippen molar-refractivity contribution in [3.8, 4) is 11.5 Å². The molecule has 1 amide bonds. The Morgan fingerprint density at radius 2 is 1.48 bits per heavy atom. The summed E-state index contributed by atoms with van der Waals surface area (Å²) in [6.45, 7) is 4.68. The highest BCUT2D eigenvalue weighted by atomic mass is 16.5. The zero-order chi connectivity index (χ0) is 21.0. The summed E-state index contributed by atoms with van der Waals surface area (Å²) in [5.74, 6) is 1.02. The molecule has 2 aliphatic rings. The molecule has 0 saturated carbocycles. The number of nitrogens with zero attached hydrogens (tertiary/aromatic N) is 1. The van der Waals surface area contributed by atoms with E-state index in [9.17, 15) is 4.79 Å². The maximum Gasteiger partial charge on any atom is 0.236 e. The quantitative estimate of drug-likeness (QED) is 0.671. The lowest BCUT2D eigenvalue weighted by molar-refractivity contribution is -0.116. The molecule has 1 saturated heterocycles. The number of fused-ring (bicyclic) bond motifs is 2. The highest BCUT2D eigenvalue weighted by molar-refractivity contribution is 5.99. The summed E-state index contributed by atoms with van der Waals surface area (Å²) in [4.78, 5) is 15.8. The van der Waals surface area contributed by atoms with Crippen molar-refractivity contribution in [3.63, 3.8) is 0 Å². The van der Waals surface area contributed by atoms with Crippen molar-refractivity contribution in [1.29, 1.82) is 0 Å². The van der Waals surface area contributed by atoms with Crippen molar-refractivity contribution < 1.29 is 14.3 Å². The van der Waals surface area contributed by atoms with E-state index < -0.39 is 5.92 Å². The van der Waals surface area contributed by atoms with Gasteiger partial charge in [-0.15, -0.1) is 0 Å². The molecular weight excluding hydrogens is 388 g/mol. The lowest BCUT2D eigenvalue weighted by Gasteiger charge is -2.27. The highest BCUT2D eigenvalue weighted by Gasteiger charge is 2.32. The molecule has 0 atom stereocenters. The number of carbonyl (C=O) groups excluding carboxylic acids is 1. The van der Waals surface area contributed by atoms with E-state index in [0.717, 1.165) is 67.6 Å². The van der Waals surface area contributed by atoms with Gasteiger partial charge in [0.25, 0.3) is 0 Å². The second-order valence-corrected chi connectivity index (χ2v) is 8.00. The summed E-state index contributed by atoms with van der Waals surface area (Å²) >= 11 is 0. The van der Waals surface area contributed by atoms with E-state index in [1.807, 2.05) is 60.7 Å². The molecule has 5 nitrogen and oxygen atoms in total. The SMILES string of the molecule is O=C(Nc1ccc(CCN2CCOCC2)cc1)C1c2ccccc2Oc2ccccc21. The molecule has 2 heterocycles. The van der Waals surface area contributed by atoms with Crippen LogP contribution in [0.1, 0.15) is 22.6 Å². The first kappa shape index (κ1) is 19.8. The first-order valence-electron chi connectivity index (χ1n) is 10.8. The lowest BCUT2D eigenvalue weighted by atomic mass is 9.87. The summed E-state index contributed by atoms with van der Waals surface area (Å²) in [5, 5.41) is 3.10. The van der Waals surface area contributed by atoms with Crippen LogP contribution in [-0.2, 0) is 16.0 Å². The van der Waals surface area contributed by atoms with Gasteiger partial charge in [0.05, 0.1) is 19.1 Å². The van der Waals surface area contributed by atoms with Gasteiger partial charge in [-0.1, -0.05) is 48.5 Å². The number of hydrogen-bond acceptors (Lipinski definition) is 4. The van der Waals surface area contributed by atoms with Crippen LogP contribution in [0.3, 0.4) is 0 Å². The van der Waals surface area contributed by atoms with Crippen LogP contribution in [0.2, 0.25) is 0 Å². The monoisotopic (exact) mass is 414 g/mol. The molecule has 5 rings (SSSR count). The minimum atomic E-state index is -0.401. The topological polar surface area (TPSA) is 50.8 Å². The number of carbonyl (C=O) groups is 1. The molecule has 0 aromatic heterocycles. The van der Waals surface area contributed by atoms with Crippen LogP contribution in [0, 0.1) is 0 Å². The Morgan fingerprint density at radius 3 is 2.13 bits per heavy atom. The van der Waals surface area contributed by atoms with Gasteiger partial charge >= 0.3 is 0 Å². The van der Waals surface area contributed by atoms with Gasteiger partial charge in [-0.2, -0.15) is 0 Å². The fourth-order valence-corrected chi connectivity index (χ4v) is 4.27. The Balaban J connectivity index is 1.29. The third-order valence-electron chi connectivity index (χ3n) is 5.98. The Hall–Kier alpha value is -3.15. The first-order chi connectivity index (χ1) is 15.3. The third kappa shape index (κ3) is 4.33. The van der Waals surface area contributed by atoms with Gasteiger partial charge in [0, 0.05) is 36.4 Å². The smallest absolute Gasteiger partial charge is 0.236 e. The van der Waals surface area contributed by atoms with E-state index in [0.29, 0.717) is 0 Å². The molecule has 0 aliphatic carbocycles. The van der Waals surface area contributed by atoms with Gasteiger partial charge in [0.1, 0.15) is 11.5 Å². The molecule has 2 aliphatic heterocycles. The lowest BCUT2D eigenvalue weighted by Crippen LogP contribution is -2.37. The van der Waals surface area contributed by atoms with Crippen LogP contribution in [0.15, 0.2) is 72.8 Å². The minimum Gasteiger partial charge on any atom is -0.457 e. The van der Waals surface area contributed by atoms with E-state index in [1.165, 1.54) is 5.56 Å². The van der Waals surface area contributed by atoms with Crippen molar-refractivity contribution in [1.82, 2.24) is 4.90 Å². The van der Waals surface area contributed by atoms with Gasteiger partial charge in [-0.25, -0.2) is 0 Å². The maximum absolute atomic E-state index is 13.3. The largest absolute Gasteiger partial charge is 0.457 e. The number of ether oxygens (including phenoxy) is 2. The molecular formula is C26H26N2O3. The second kappa shape index (κ2) is 8.92.